The maximum atomic E-state index is 12.8. The summed E-state index contributed by atoms with van der Waals surface area (Å²) in [6, 6.07) is 34.8. The highest BCUT2D eigenvalue weighted by atomic mass is 16.5. The number of nitrogens with two attached hydrogens (primary N) is 2. The van der Waals surface area contributed by atoms with Crippen molar-refractivity contribution in [2.24, 2.45) is 11.5 Å². The van der Waals surface area contributed by atoms with Gasteiger partial charge in [-0.25, -0.2) is 13.1 Å². The molecule has 280 valence electrons. The molecule has 4 aromatic carbocycles. The minimum absolute atomic E-state index is 0.155. The van der Waals surface area contributed by atoms with Gasteiger partial charge >= 0.3 is 0 Å². The van der Waals surface area contributed by atoms with Gasteiger partial charge in [-0.3, -0.25) is 30.7 Å². The number of benzene rings is 4. The molecule has 4 aromatic rings. The summed E-state index contributed by atoms with van der Waals surface area (Å²) in [6.45, 7) is 15.7. The van der Waals surface area contributed by atoms with Gasteiger partial charge in [-0.1, -0.05) is 84.9 Å². The van der Waals surface area contributed by atoms with Gasteiger partial charge in [-0.2, -0.15) is 0 Å². The lowest BCUT2D eigenvalue weighted by molar-refractivity contribution is 0.0921. The molecule has 0 saturated heterocycles. The first-order valence-electron chi connectivity index (χ1n) is 18.3. The van der Waals surface area contributed by atoms with Crippen LogP contribution in [0.15, 0.2) is 109 Å². The highest BCUT2D eigenvalue weighted by Gasteiger charge is 2.47. The van der Waals surface area contributed by atoms with Crippen molar-refractivity contribution in [1.82, 2.24) is 10.6 Å². The van der Waals surface area contributed by atoms with Crippen LogP contribution in [-0.4, -0.2) is 50.4 Å². The maximum absolute atomic E-state index is 12.8. The van der Waals surface area contributed by atoms with Gasteiger partial charge in [0.2, 0.25) is 0 Å². The molecule has 0 atom stereocenters. The van der Waals surface area contributed by atoms with Gasteiger partial charge in [0.1, 0.15) is 11.5 Å². The molecule has 0 bridgehead atoms. The van der Waals surface area contributed by atoms with Crippen molar-refractivity contribution >= 4 is 11.8 Å². The second-order valence-electron chi connectivity index (χ2n) is 14.5. The lowest BCUT2D eigenvalue weighted by atomic mass is 9.66. The Morgan fingerprint density at radius 1 is 0.556 bits per heavy atom. The third-order valence-electron chi connectivity index (χ3n) is 11.2. The van der Waals surface area contributed by atoms with Gasteiger partial charge in [-0.05, 0) is 61.1 Å². The van der Waals surface area contributed by atoms with Crippen molar-refractivity contribution < 1.29 is 19.1 Å². The Bertz CT molecular complexity index is 1810. The van der Waals surface area contributed by atoms with Gasteiger partial charge in [0.25, 0.3) is 23.1 Å². The summed E-state index contributed by atoms with van der Waals surface area (Å²) >= 11 is 0. The van der Waals surface area contributed by atoms with Crippen molar-refractivity contribution in [3.63, 3.8) is 0 Å². The summed E-state index contributed by atoms with van der Waals surface area (Å²) in [6.07, 6.45) is 5.55. The van der Waals surface area contributed by atoms with Gasteiger partial charge in [0.05, 0.1) is 25.3 Å². The number of carbonyl (C=O) groups excluding carboxylic acids is 2. The van der Waals surface area contributed by atoms with E-state index in [0.29, 0.717) is 61.4 Å². The second kappa shape index (κ2) is 17.4. The van der Waals surface area contributed by atoms with Gasteiger partial charge < -0.3 is 20.1 Å². The van der Waals surface area contributed by atoms with Crippen molar-refractivity contribution in [2.75, 3.05) is 27.3 Å². The number of carbonyl (C=O) groups is 2. The Balaban J connectivity index is 0.000000208. The smallest absolute Gasteiger partial charge is 0.283 e. The molecule has 0 radical (unpaired) electrons. The minimum Gasteiger partial charge on any atom is -0.496 e. The van der Waals surface area contributed by atoms with E-state index in [0.717, 1.165) is 25.7 Å². The molecule has 6 rings (SSSR count). The number of para-hydroxylation sites is 2. The van der Waals surface area contributed by atoms with E-state index < -0.39 is 11.3 Å². The van der Waals surface area contributed by atoms with Crippen molar-refractivity contribution in [1.29, 1.82) is 0 Å². The Labute approximate surface area is 318 Å². The van der Waals surface area contributed by atoms with E-state index in [1.165, 1.54) is 11.1 Å². The van der Waals surface area contributed by atoms with Crippen LogP contribution in [0.25, 0.3) is 9.69 Å². The van der Waals surface area contributed by atoms with Crippen LogP contribution in [0.5, 0.6) is 11.5 Å². The highest BCUT2D eigenvalue weighted by molar-refractivity contribution is 5.97. The van der Waals surface area contributed by atoms with Crippen LogP contribution in [-0.2, 0) is 10.8 Å². The summed E-state index contributed by atoms with van der Waals surface area (Å²) in [5.41, 5.74) is 13.8. The standard InChI is InChI=1S/2C22H25N3O2/c2*1-24-22(23)14-12-21(13-15-22,17-8-4-3-5-9-17)16-25-20(26)18-10-6-7-11-19(18)27-2/h2*3-11H,12-16,23H2,2H3,(H,25,26). The Hall–Kier alpha value is -5.68. The summed E-state index contributed by atoms with van der Waals surface area (Å²) in [5, 5.41) is 6.18. The molecule has 6 N–H and O–H groups in total. The first-order valence-corrected chi connectivity index (χ1v) is 18.3. The molecular formula is C44H50N6O4. The van der Waals surface area contributed by atoms with Crippen LogP contribution < -0.4 is 31.6 Å². The van der Waals surface area contributed by atoms with E-state index in [1.54, 1.807) is 38.5 Å². The fraction of sp³-hybridized carbons (Fsp3) is 0.364. The molecule has 0 aliphatic heterocycles. The normalized spacial score (nSPS) is 24.6. The minimum atomic E-state index is -0.787. The average molecular weight is 727 g/mol. The molecule has 2 fully saturated rings. The Morgan fingerprint density at radius 2 is 0.870 bits per heavy atom. The topological polar surface area (TPSA) is 137 Å². The van der Waals surface area contributed by atoms with Crippen molar-refractivity contribution in [2.45, 2.75) is 73.5 Å². The number of nitrogens with one attached hydrogen (secondary N) is 2. The average Bonchev–Trinajstić information content (AvgIpc) is 3.24. The molecule has 2 aliphatic carbocycles. The second-order valence-corrected chi connectivity index (χ2v) is 14.5. The Morgan fingerprint density at radius 3 is 1.19 bits per heavy atom. The van der Waals surface area contributed by atoms with E-state index in [-0.39, 0.29) is 22.6 Å². The SMILES string of the molecule is [C-]#[N+]C1(N)CCC(CNC(=O)c2ccccc2OC)(c2ccccc2)CC1.[C-]#[N+]C1(N)CCC(CNC(=O)c2ccccc2OC)(c2ccccc2)CC1. The lowest BCUT2D eigenvalue weighted by Crippen LogP contribution is -2.49. The van der Waals surface area contributed by atoms with Crippen LogP contribution in [0.1, 0.15) is 83.2 Å². The van der Waals surface area contributed by atoms with E-state index in [4.69, 9.17) is 34.1 Å². The third kappa shape index (κ3) is 9.09. The van der Waals surface area contributed by atoms with E-state index in [9.17, 15) is 9.59 Å². The zero-order valence-electron chi connectivity index (χ0n) is 31.1. The molecule has 2 aliphatic rings. The lowest BCUT2D eigenvalue weighted by Gasteiger charge is -2.40. The fourth-order valence-corrected chi connectivity index (χ4v) is 7.62. The molecule has 0 heterocycles. The molecule has 2 amide bonds. The molecule has 0 unspecified atom stereocenters. The first kappa shape index (κ1) is 39.5. The van der Waals surface area contributed by atoms with Crippen molar-refractivity contribution in [3.8, 4) is 11.5 Å². The van der Waals surface area contributed by atoms with Crippen LogP contribution in [0.4, 0.5) is 0 Å². The zero-order chi connectivity index (χ0) is 38.7. The number of hydrogen-bond donors (Lipinski definition) is 4. The number of hydrogen-bond acceptors (Lipinski definition) is 6. The Kier molecular flexibility index (Phi) is 12.8. The fourth-order valence-electron chi connectivity index (χ4n) is 7.62. The number of rotatable bonds is 10. The van der Waals surface area contributed by atoms with Gasteiger partial charge in [0.15, 0.2) is 0 Å². The molecular weight excluding hydrogens is 677 g/mol. The number of amides is 2. The van der Waals surface area contributed by atoms with Gasteiger partial charge in [0, 0.05) is 49.6 Å². The van der Waals surface area contributed by atoms with Crippen LogP contribution in [0.3, 0.4) is 0 Å². The summed E-state index contributed by atoms with van der Waals surface area (Å²) < 4.78 is 10.6. The molecule has 10 heteroatoms. The molecule has 10 nitrogen and oxygen atoms in total. The molecule has 2 saturated carbocycles. The zero-order valence-corrected chi connectivity index (χ0v) is 31.1. The van der Waals surface area contributed by atoms with Crippen LogP contribution in [0.2, 0.25) is 0 Å². The predicted octanol–water partition coefficient (Wildman–Crippen LogP) is 7.02. The number of ether oxygens (including phenoxy) is 2. The summed E-state index contributed by atoms with van der Waals surface area (Å²) in [4.78, 5) is 32.8. The third-order valence-corrected chi connectivity index (χ3v) is 11.2. The monoisotopic (exact) mass is 726 g/mol. The van der Waals surface area contributed by atoms with Crippen molar-refractivity contribution in [3.05, 3.63) is 154 Å². The van der Waals surface area contributed by atoms with E-state index in [1.807, 2.05) is 60.7 Å². The summed E-state index contributed by atoms with van der Waals surface area (Å²) in [7, 11) is 3.12. The molecule has 0 aromatic heterocycles. The largest absolute Gasteiger partial charge is 0.496 e. The quantitative estimate of drug-likeness (QED) is 0.130. The first-order chi connectivity index (χ1) is 26.0. The highest BCUT2D eigenvalue weighted by Crippen LogP contribution is 2.44. The van der Waals surface area contributed by atoms with E-state index >= 15 is 0 Å². The maximum Gasteiger partial charge on any atom is 0.283 e. The van der Waals surface area contributed by atoms with Crippen LogP contribution >= 0.6 is 0 Å². The van der Waals surface area contributed by atoms with E-state index in [2.05, 4.69) is 44.6 Å². The molecule has 0 spiro atoms. The summed E-state index contributed by atoms with van der Waals surface area (Å²) in [5.74, 6) is 0.804. The van der Waals surface area contributed by atoms with Crippen LogP contribution in [0, 0.1) is 13.1 Å². The number of methoxy groups -OCH3 is 2. The van der Waals surface area contributed by atoms with Gasteiger partial charge in [-0.15, -0.1) is 0 Å². The molecule has 54 heavy (non-hydrogen) atoms. The number of nitrogens with zero attached hydrogens (tertiary/aromatic N) is 2. The predicted molar refractivity (Wildman–Crippen MR) is 211 cm³/mol.